The quantitative estimate of drug-likeness (QED) is 0.781. The molecule has 1 aliphatic rings. The van der Waals surface area contributed by atoms with Crippen molar-refractivity contribution in [2.75, 3.05) is 6.61 Å². The van der Waals surface area contributed by atoms with Crippen molar-refractivity contribution in [2.24, 2.45) is 5.41 Å². The molecule has 1 heterocycles. The molecule has 4 nitrogen and oxygen atoms in total. The van der Waals surface area contributed by atoms with Gasteiger partial charge in [0.05, 0.1) is 24.9 Å². The molecule has 4 heteroatoms. The third-order valence-electron chi connectivity index (χ3n) is 3.35. The van der Waals surface area contributed by atoms with Crippen molar-refractivity contribution in [1.29, 1.82) is 0 Å². The van der Waals surface area contributed by atoms with Crippen LogP contribution >= 0.6 is 0 Å². The normalized spacial score (nSPS) is 21.2. The summed E-state index contributed by atoms with van der Waals surface area (Å²) in [5.41, 5.74) is 0.635. The van der Waals surface area contributed by atoms with E-state index in [1.165, 1.54) is 0 Å². The van der Waals surface area contributed by atoms with Crippen LogP contribution in [0.5, 0.6) is 0 Å². The fourth-order valence-corrected chi connectivity index (χ4v) is 2.03. The van der Waals surface area contributed by atoms with Gasteiger partial charge >= 0.3 is 5.97 Å². The Kier molecular flexibility index (Phi) is 5.61. The maximum atomic E-state index is 11.9. The van der Waals surface area contributed by atoms with Crippen LogP contribution in [0.2, 0.25) is 0 Å². The minimum Gasteiger partial charge on any atom is -0.496 e. The Bertz CT molecular complexity index is 502. The monoisotopic (exact) mass is 304 g/mol. The van der Waals surface area contributed by atoms with Crippen molar-refractivity contribution in [1.82, 2.24) is 0 Å². The highest BCUT2D eigenvalue weighted by Crippen LogP contribution is 2.21. The van der Waals surface area contributed by atoms with Gasteiger partial charge in [0.2, 0.25) is 0 Å². The third-order valence-corrected chi connectivity index (χ3v) is 3.35. The van der Waals surface area contributed by atoms with Crippen molar-refractivity contribution >= 4 is 5.97 Å². The molecule has 0 unspecified atom stereocenters. The Morgan fingerprint density at radius 2 is 2.00 bits per heavy atom. The first-order valence-electron chi connectivity index (χ1n) is 7.60. The van der Waals surface area contributed by atoms with Gasteiger partial charge in [0.25, 0.3) is 0 Å². The Labute approximate surface area is 132 Å². The van der Waals surface area contributed by atoms with Crippen molar-refractivity contribution in [3.05, 3.63) is 48.2 Å². The van der Waals surface area contributed by atoms with Crippen LogP contribution in [-0.4, -0.2) is 24.8 Å². The number of esters is 1. The van der Waals surface area contributed by atoms with E-state index in [0.29, 0.717) is 19.6 Å². The van der Waals surface area contributed by atoms with Gasteiger partial charge in [-0.15, -0.1) is 0 Å². The van der Waals surface area contributed by atoms with E-state index < -0.39 is 5.41 Å². The van der Waals surface area contributed by atoms with Gasteiger partial charge in [0.15, 0.2) is 0 Å². The van der Waals surface area contributed by atoms with E-state index >= 15 is 0 Å². The molecule has 0 aromatic heterocycles. The van der Waals surface area contributed by atoms with E-state index in [-0.39, 0.29) is 18.2 Å². The standard InChI is InChI=1S/C18H24O4/c1-18(2,3)17(19)22-15-9-10-21-16(11-15)13-20-12-14-7-5-4-6-8-14/h4-10,15-16H,11-13H2,1-3H3/t15-,16+/m1/s1. The molecule has 1 aromatic carbocycles. The minimum atomic E-state index is -0.495. The summed E-state index contributed by atoms with van der Waals surface area (Å²) >= 11 is 0. The molecule has 0 fully saturated rings. The Balaban J connectivity index is 1.75. The number of benzene rings is 1. The molecule has 0 saturated carbocycles. The van der Waals surface area contributed by atoms with Crippen LogP contribution in [0.3, 0.4) is 0 Å². The first-order chi connectivity index (χ1) is 10.4. The molecule has 1 aromatic rings. The average molecular weight is 304 g/mol. The highest BCUT2D eigenvalue weighted by molar-refractivity contribution is 5.75. The topological polar surface area (TPSA) is 44.8 Å². The minimum absolute atomic E-state index is 0.0912. The summed E-state index contributed by atoms with van der Waals surface area (Å²) in [6, 6.07) is 10.00. The second-order valence-electron chi connectivity index (χ2n) is 6.52. The molecule has 0 saturated heterocycles. The van der Waals surface area contributed by atoms with Crippen LogP contribution in [-0.2, 0) is 25.6 Å². The molecule has 0 aliphatic carbocycles. The zero-order valence-electron chi connectivity index (χ0n) is 13.5. The SMILES string of the molecule is CC(C)(C)C(=O)O[C@@H]1C=CO[C@H](COCc2ccccc2)C1. The van der Waals surface area contributed by atoms with E-state index in [1.54, 1.807) is 12.3 Å². The van der Waals surface area contributed by atoms with E-state index in [9.17, 15) is 4.79 Å². The lowest BCUT2D eigenvalue weighted by molar-refractivity contribution is -0.158. The maximum Gasteiger partial charge on any atom is 0.311 e. The summed E-state index contributed by atoms with van der Waals surface area (Å²) in [5, 5.41) is 0. The van der Waals surface area contributed by atoms with Crippen LogP contribution in [0, 0.1) is 5.41 Å². The maximum absolute atomic E-state index is 11.9. The van der Waals surface area contributed by atoms with E-state index in [4.69, 9.17) is 14.2 Å². The van der Waals surface area contributed by atoms with Crippen LogP contribution in [0.1, 0.15) is 32.8 Å². The van der Waals surface area contributed by atoms with E-state index in [2.05, 4.69) is 0 Å². The third kappa shape index (κ3) is 5.19. The van der Waals surface area contributed by atoms with Gasteiger partial charge < -0.3 is 14.2 Å². The van der Waals surface area contributed by atoms with Gasteiger partial charge in [-0.2, -0.15) is 0 Å². The predicted octanol–water partition coefficient (Wildman–Crippen LogP) is 3.46. The zero-order chi connectivity index (χ0) is 16.0. The van der Waals surface area contributed by atoms with Gasteiger partial charge in [-0.3, -0.25) is 4.79 Å². The predicted molar refractivity (Wildman–Crippen MR) is 84.1 cm³/mol. The summed E-state index contributed by atoms with van der Waals surface area (Å²) in [5.74, 6) is -0.201. The second-order valence-corrected chi connectivity index (χ2v) is 6.52. The molecule has 0 spiro atoms. The van der Waals surface area contributed by atoms with Gasteiger partial charge in [-0.25, -0.2) is 0 Å². The van der Waals surface area contributed by atoms with Crippen molar-refractivity contribution in [3.63, 3.8) is 0 Å². The smallest absolute Gasteiger partial charge is 0.311 e. The lowest BCUT2D eigenvalue weighted by Crippen LogP contribution is -2.33. The second kappa shape index (κ2) is 7.45. The number of rotatable bonds is 5. The molecule has 0 amide bonds. The fourth-order valence-electron chi connectivity index (χ4n) is 2.03. The highest BCUT2D eigenvalue weighted by atomic mass is 16.6. The summed E-state index contributed by atoms with van der Waals surface area (Å²) < 4.78 is 16.7. The molecule has 0 radical (unpaired) electrons. The Hall–Kier alpha value is -1.81. The first kappa shape index (κ1) is 16.6. The van der Waals surface area contributed by atoms with Crippen molar-refractivity contribution < 1.29 is 19.0 Å². The molecular formula is C18H24O4. The first-order valence-corrected chi connectivity index (χ1v) is 7.60. The molecule has 120 valence electrons. The summed E-state index contributed by atoms with van der Waals surface area (Å²) in [4.78, 5) is 11.9. The molecule has 0 bridgehead atoms. The largest absolute Gasteiger partial charge is 0.496 e. The van der Waals surface area contributed by atoms with Crippen LogP contribution in [0.4, 0.5) is 0 Å². The summed E-state index contributed by atoms with van der Waals surface area (Å²) in [6.45, 7) is 6.57. The van der Waals surface area contributed by atoms with Crippen molar-refractivity contribution in [3.8, 4) is 0 Å². The van der Waals surface area contributed by atoms with Crippen LogP contribution < -0.4 is 0 Å². The molecule has 1 aliphatic heterocycles. The lowest BCUT2D eigenvalue weighted by Gasteiger charge is -2.27. The van der Waals surface area contributed by atoms with Gasteiger partial charge in [0.1, 0.15) is 12.2 Å². The van der Waals surface area contributed by atoms with Crippen molar-refractivity contribution in [2.45, 2.75) is 46.0 Å². The van der Waals surface area contributed by atoms with Gasteiger partial charge in [-0.1, -0.05) is 30.3 Å². The number of carbonyl (C=O) groups is 1. The number of hydrogen-bond acceptors (Lipinski definition) is 4. The van der Waals surface area contributed by atoms with Crippen LogP contribution in [0.25, 0.3) is 0 Å². The molecule has 2 rings (SSSR count). The van der Waals surface area contributed by atoms with Crippen LogP contribution in [0.15, 0.2) is 42.7 Å². The number of ether oxygens (including phenoxy) is 3. The molecule has 0 N–H and O–H groups in total. The summed E-state index contributed by atoms with van der Waals surface area (Å²) in [7, 11) is 0. The Morgan fingerprint density at radius 3 is 2.68 bits per heavy atom. The molecular weight excluding hydrogens is 280 g/mol. The van der Waals surface area contributed by atoms with Gasteiger partial charge in [-0.05, 0) is 32.4 Å². The molecule has 2 atom stereocenters. The van der Waals surface area contributed by atoms with E-state index in [0.717, 1.165) is 5.56 Å². The molecule has 22 heavy (non-hydrogen) atoms. The van der Waals surface area contributed by atoms with E-state index in [1.807, 2.05) is 51.1 Å². The number of hydrogen-bond donors (Lipinski definition) is 0. The Morgan fingerprint density at radius 1 is 1.27 bits per heavy atom. The number of carbonyl (C=O) groups excluding carboxylic acids is 1. The fraction of sp³-hybridized carbons (Fsp3) is 0.500. The summed E-state index contributed by atoms with van der Waals surface area (Å²) in [6.07, 6.45) is 3.66. The lowest BCUT2D eigenvalue weighted by atomic mass is 9.97. The average Bonchev–Trinajstić information content (AvgIpc) is 2.48. The zero-order valence-corrected chi connectivity index (χ0v) is 13.5. The highest BCUT2D eigenvalue weighted by Gasteiger charge is 2.28. The van der Waals surface area contributed by atoms with Gasteiger partial charge in [0, 0.05) is 6.42 Å².